The number of hydrogen-bond donors (Lipinski definition) is 0. The first-order chi connectivity index (χ1) is 14.2. The predicted molar refractivity (Wildman–Crippen MR) is 113 cm³/mol. The molecule has 3 rings (SSSR count). The summed E-state index contributed by atoms with van der Waals surface area (Å²) in [7, 11) is -1.79. The molecule has 1 fully saturated rings. The summed E-state index contributed by atoms with van der Waals surface area (Å²) in [5.74, 6) is -1.31. The Balaban J connectivity index is 1.92. The van der Waals surface area contributed by atoms with Crippen LogP contribution >= 0.6 is 0 Å². The summed E-state index contributed by atoms with van der Waals surface area (Å²) < 4.78 is 56.1. The number of carbonyl (C=O) groups is 1. The van der Waals surface area contributed by atoms with E-state index in [-0.39, 0.29) is 10.7 Å². The second-order valence-corrected chi connectivity index (χ2v) is 16.9. The zero-order chi connectivity index (χ0) is 21.9. The number of halogens is 2. The average Bonchev–Trinajstić information content (AvgIpc) is 2.67. The third kappa shape index (κ3) is 5.82. The Kier molecular flexibility index (Phi) is 7.19. The van der Waals surface area contributed by atoms with Crippen LogP contribution in [0.4, 0.5) is 13.6 Å². The van der Waals surface area contributed by atoms with Crippen LogP contribution in [0.25, 0.3) is 11.1 Å². The van der Waals surface area contributed by atoms with Crippen molar-refractivity contribution < 1.29 is 26.7 Å². The third-order valence-electron chi connectivity index (χ3n) is 5.12. The number of rotatable bonds is 5. The van der Waals surface area contributed by atoms with E-state index in [1.165, 1.54) is 25.5 Å². The molecule has 0 bridgehead atoms. The number of carbonyl (C=O) groups excluding carboxylic acids is 1. The average molecular weight is 499 g/mol. The Morgan fingerprint density at radius 1 is 1.17 bits per heavy atom. The van der Waals surface area contributed by atoms with Crippen molar-refractivity contribution in [2.24, 2.45) is 0 Å². The Morgan fingerprint density at radius 3 is 2.50 bits per heavy atom. The van der Waals surface area contributed by atoms with E-state index in [1.807, 2.05) is 12.1 Å². The van der Waals surface area contributed by atoms with Crippen molar-refractivity contribution in [2.45, 2.75) is 30.0 Å². The van der Waals surface area contributed by atoms with Crippen LogP contribution in [0.5, 0.6) is 0 Å². The molecule has 0 N–H and O–H groups in total. The van der Waals surface area contributed by atoms with E-state index in [0.29, 0.717) is 24.1 Å². The molecular formula is C21H24AsF2NO4S. The Morgan fingerprint density at radius 2 is 1.87 bits per heavy atom. The summed E-state index contributed by atoms with van der Waals surface area (Å²) in [6.45, 7) is 0.512. The maximum absolute atomic E-state index is 13.6. The van der Waals surface area contributed by atoms with Crippen LogP contribution in [0.1, 0.15) is 18.4 Å². The van der Waals surface area contributed by atoms with Gasteiger partial charge < -0.3 is 0 Å². The predicted octanol–water partition coefficient (Wildman–Crippen LogP) is 3.59. The number of hydrogen-bond acceptors (Lipinski definition) is 4. The van der Waals surface area contributed by atoms with E-state index in [1.54, 1.807) is 17.0 Å². The van der Waals surface area contributed by atoms with Gasteiger partial charge in [0.05, 0.1) is 0 Å². The van der Waals surface area contributed by atoms with Gasteiger partial charge in [-0.2, -0.15) is 0 Å². The molecule has 2 aromatic carbocycles. The fourth-order valence-electron chi connectivity index (χ4n) is 3.91. The second kappa shape index (κ2) is 9.48. The van der Waals surface area contributed by atoms with Crippen LogP contribution in [-0.4, -0.2) is 60.0 Å². The summed E-state index contributed by atoms with van der Waals surface area (Å²) in [4.78, 5) is 13.9. The van der Waals surface area contributed by atoms with Gasteiger partial charge in [-0.25, -0.2) is 0 Å². The number of nitrogens with zero attached hydrogens (tertiary/aromatic N) is 1. The number of likely N-dealkylation sites (tertiary alicyclic amines) is 1. The van der Waals surface area contributed by atoms with E-state index < -0.39 is 40.4 Å². The van der Waals surface area contributed by atoms with Crippen molar-refractivity contribution in [3.8, 4) is 11.1 Å². The SMILES string of the molecule is COC(=O)N1CCCC([AsH]S(C)(=O)=O)C1Cc1cccc(-c2cc(F)cc(F)c2)c1. The summed E-state index contributed by atoms with van der Waals surface area (Å²) >= 11 is -1.33. The monoisotopic (exact) mass is 499 g/mol. The van der Waals surface area contributed by atoms with E-state index in [0.717, 1.165) is 24.5 Å². The molecule has 1 amide bonds. The van der Waals surface area contributed by atoms with Crippen LogP contribution in [0.3, 0.4) is 0 Å². The maximum atomic E-state index is 13.6. The zero-order valence-corrected chi connectivity index (χ0v) is 19.7. The van der Waals surface area contributed by atoms with Gasteiger partial charge in [-0.15, -0.1) is 0 Å². The second-order valence-electron chi connectivity index (χ2n) is 7.43. The van der Waals surface area contributed by atoms with E-state index >= 15 is 0 Å². The molecule has 0 aromatic heterocycles. The van der Waals surface area contributed by atoms with Gasteiger partial charge in [0, 0.05) is 0 Å². The molecule has 162 valence electrons. The van der Waals surface area contributed by atoms with Gasteiger partial charge in [0.15, 0.2) is 0 Å². The van der Waals surface area contributed by atoms with E-state index in [9.17, 15) is 22.0 Å². The van der Waals surface area contributed by atoms with E-state index in [2.05, 4.69) is 0 Å². The minimum atomic E-state index is -3.10. The number of piperidine rings is 1. The molecule has 3 atom stereocenters. The zero-order valence-electron chi connectivity index (χ0n) is 16.8. The molecule has 1 heterocycles. The van der Waals surface area contributed by atoms with Crippen molar-refractivity contribution in [1.29, 1.82) is 0 Å². The van der Waals surface area contributed by atoms with Crippen LogP contribution in [0.2, 0.25) is 4.71 Å². The Hall–Kier alpha value is -1.92. The molecule has 0 spiro atoms. The van der Waals surface area contributed by atoms with Crippen molar-refractivity contribution >= 4 is 28.8 Å². The van der Waals surface area contributed by atoms with E-state index in [4.69, 9.17) is 4.74 Å². The number of benzene rings is 2. The molecule has 0 aliphatic carbocycles. The Bertz CT molecular complexity index is 1010. The molecule has 0 radical (unpaired) electrons. The minimum absolute atomic E-state index is 0.0943. The molecular weight excluding hydrogens is 475 g/mol. The molecule has 0 saturated carbocycles. The number of ether oxygens (including phenoxy) is 1. The summed E-state index contributed by atoms with van der Waals surface area (Å²) in [6, 6.07) is 10.3. The van der Waals surface area contributed by atoms with Gasteiger partial charge in [0.1, 0.15) is 0 Å². The molecule has 2 aromatic rings. The van der Waals surface area contributed by atoms with Crippen molar-refractivity contribution in [2.75, 3.05) is 19.9 Å². The number of methoxy groups -OCH3 is 1. The molecule has 1 aliphatic heterocycles. The van der Waals surface area contributed by atoms with Crippen LogP contribution in [0, 0.1) is 11.6 Å². The molecule has 5 nitrogen and oxygen atoms in total. The van der Waals surface area contributed by atoms with Crippen LogP contribution in [-0.2, 0) is 19.3 Å². The Labute approximate surface area is 181 Å². The first-order valence-electron chi connectivity index (χ1n) is 9.53. The third-order valence-corrected chi connectivity index (χ3v) is 11.9. The normalized spacial score (nSPS) is 19.9. The van der Waals surface area contributed by atoms with Crippen molar-refractivity contribution in [3.63, 3.8) is 0 Å². The molecule has 9 heteroatoms. The first kappa shape index (κ1) is 22.8. The summed E-state index contributed by atoms with van der Waals surface area (Å²) in [5.41, 5.74) is 1.94. The molecule has 30 heavy (non-hydrogen) atoms. The van der Waals surface area contributed by atoms with Crippen LogP contribution < -0.4 is 0 Å². The van der Waals surface area contributed by atoms with Gasteiger partial charge in [0.2, 0.25) is 0 Å². The van der Waals surface area contributed by atoms with Gasteiger partial charge in [-0.3, -0.25) is 0 Å². The van der Waals surface area contributed by atoms with Crippen molar-refractivity contribution in [1.82, 2.24) is 4.90 Å². The molecule has 1 aliphatic rings. The van der Waals surface area contributed by atoms with Gasteiger partial charge in [-0.05, 0) is 0 Å². The molecule has 3 unspecified atom stereocenters. The molecule has 1 saturated heterocycles. The van der Waals surface area contributed by atoms with Crippen LogP contribution in [0.15, 0.2) is 42.5 Å². The summed E-state index contributed by atoms with van der Waals surface area (Å²) in [5, 5.41) is 0. The van der Waals surface area contributed by atoms with Gasteiger partial charge >= 0.3 is 181 Å². The number of amides is 1. The topological polar surface area (TPSA) is 63.7 Å². The van der Waals surface area contributed by atoms with Crippen molar-refractivity contribution in [3.05, 3.63) is 59.7 Å². The first-order valence-corrected chi connectivity index (χ1v) is 15.2. The van der Waals surface area contributed by atoms with Gasteiger partial charge in [-0.1, -0.05) is 0 Å². The fourth-order valence-corrected chi connectivity index (χ4v) is 11.0. The standard InChI is InChI=1S/C21H24AsF2NO4S/c1-29-21(26)25-8-4-7-19(22-30(2,27)28)20(25)10-14-5-3-6-15(9-14)16-11-17(23)13-18(24)12-16/h3,5-6,9,11-13,19-20,22H,4,7-8,10H2,1-2H3. The van der Waals surface area contributed by atoms with Gasteiger partial charge in [0.25, 0.3) is 0 Å². The quantitative estimate of drug-likeness (QED) is 0.590. The summed E-state index contributed by atoms with van der Waals surface area (Å²) in [6.07, 6.45) is 2.72. The fraction of sp³-hybridized carbons (Fsp3) is 0.381.